The number of halogens is 1. The van der Waals surface area contributed by atoms with E-state index in [1.54, 1.807) is 29.2 Å². The van der Waals surface area contributed by atoms with Crippen LogP contribution in [0.25, 0.3) is 0 Å². The van der Waals surface area contributed by atoms with E-state index in [9.17, 15) is 9.90 Å². The molecule has 1 heterocycles. The number of carbonyl (C=O) groups is 1. The van der Waals surface area contributed by atoms with Crippen LogP contribution in [0.3, 0.4) is 0 Å². The number of para-hydroxylation sites is 1. The van der Waals surface area contributed by atoms with Crippen LogP contribution >= 0.6 is 15.9 Å². The Bertz CT molecular complexity index is 807. The zero-order valence-electron chi connectivity index (χ0n) is 13.1. The van der Waals surface area contributed by atoms with Gasteiger partial charge < -0.3 is 20.1 Å². The highest BCUT2D eigenvalue weighted by Gasteiger charge is 2.34. The number of ether oxygens (including phenoxy) is 1. The molecule has 2 aromatic carbocycles. The summed E-state index contributed by atoms with van der Waals surface area (Å²) in [5, 5.41) is 13.9. The van der Waals surface area contributed by atoms with Crippen LogP contribution in [0.4, 0.5) is 5.69 Å². The Labute approximate surface area is 148 Å². The van der Waals surface area contributed by atoms with Crippen LogP contribution in [0.2, 0.25) is 0 Å². The Kier molecular flexibility index (Phi) is 4.49. The van der Waals surface area contributed by atoms with Gasteiger partial charge in [0.05, 0.1) is 12.7 Å². The zero-order valence-corrected chi connectivity index (χ0v) is 14.7. The number of anilines is 1. The highest BCUT2D eigenvalue weighted by atomic mass is 79.9. The molecule has 0 saturated carbocycles. The first-order chi connectivity index (χ1) is 11.6. The van der Waals surface area contributed by atoms with E-state index in [1.807, 2.05) is 18.2 Å². The topological polar surface area (TPSA) is 61.8 Å². The molecule has 1 amide bonds. The summed E-state index contributed by atoms with van der Waals surface area (Å²) in [6, 6.07) is 10.8. The number of nitrogens with zero attached hydrogens (tertiary/aromatic N) is 1. The van der Waals surface area contributed by atoms with Gasteiger partial charge in [0.1, 0.15) is 6.17 Å². The summed E-state index contributed by atoms with van der Waals surface area (Å²) in [5.41, 5.74) is 1.87. The van der Waals surface area contributed by atoms with Crippen LogP contribution < -0.4 is 10.1 Å². The van der Waals surface area contributed by atoms with Crippen molar-refractivity contribution in [1.82, 2.24) is 4.90 Å². The number of phenolic OH excluding ortho intramolecular Hbond substituents is 1. The molecule has 24 heavy (non-hydrogen) atoms. The normalized spacial score (nSPS) is 16.3. The second-order valence-electron chi connectivity index (χ2n) is 5.38. The van der Waals surface area contributed by atoms with Crippen LogP contribution in [-0.4, -0.2) is 29.6 Å². The quantitative estimate of drug-likeness (QED) is 0.779. The van der Waals surface area contributed by atoms with Crippen molar-refractivity contribution in [2.45, 2.75) is 6.17 Å². The van der Waals surface area contributed by atoms with E-state index in [-0.39, 0.29) is 11.7 Å². The minimum absolute atomic E-state index is 0.000515. The number of amides is 1. The number of aromatic hydroxyl groups is 1. The molecule has 2 aromatic rings. The third-order valence-electron chi connectivity index (χ3n) is 3.93. The summed E-state index contributed by atoms with van der Waals surface area (Å²) in [4.78, 5) is 14.5. The molecule has 1 aliphatic rings. The molecule has 0 saturated heterocycles. The second kappa shape index (κ2) is 6.57. The van der Waals surface area contributed by atoms with Crippen molar-refractivity contribution in [2.24, 2.45) is 0 Å². The van der Waals surface area contributed by atoms with Crippen molar-refractivity contribution in [1.29, 1.82) is 0 Å². The van der Waals surface area contributed by atoms with Crippen molar-refractivity contribution < 1.29 is 14.6 Å². The molecule has 1 atom stereocenters. The standard InChI is InChI=1S/C18H17BrN2O3/c1-3-8-21-17(13-9-11(19)10-15(24-2)16(13)22)20-14-7-5-4-6-12(14)18(21)23/h3-7,9-10,17,20,22H,1,8H2,2H3. The smallest absolute Gasteiger partial charge is 0.258 e. The number of methoxy groups -OCH3 is 1. The zero-order chi connectivity index (χ0) is 17.3. The van der Waals surface area contributed by atoms with E-state index in [4.69, 9.17) is 4.74 Å². The van der Waals surface area contributed by atoms with Gasteiger partial charge >= 0.3 is 0 Å². The Balaban J connectivity index is 2.14. The predicted octanol–water partition coefficient (Wildman–Crippen LogP) is 3.92. The van der Waals surface area contributed by atoms with Crippen LogP contribution in [0.5, 0.6) is 11.5 Å². The third kappa shape index (κ3) is 2.73. The van der Waals surface area contributed by atoms with Gasteiger partial charge in [0.15, 0.2) is 11.5 Å². The van der Waals surface area contributed by atoms with Crippen LogP contribution in [0.1, 0.15) is 22.1 Å². The molecule has 3 rings (SSSR count). The van der Waals surface area contributed by atoms with Gasteiger partial charge in [-0.2, -0.15) is 0 Å². The molecular weight excluding hydrogens is 372 g/mol. The number of phenols is 1. The number of fused-ring (bicyclic) bond motifs is 1. The van der Waals surface area contributed by atoms with Gasteiger partial charge in [-0.15, -0.1) is 6.58 Å². The summed E-state index contributed by atoms with van der Waals surface area (Å²) in [6.45, 7) is 4.08. The second-order valence-corrected chi connectivity index (χ2v) is 6.30. The van der Waals surface area contributed by atoms with Crippen molar-refractivity contribution in [3.8, 4) is 11.5 Å². The Morgan fingerprint density at radius 1 is 1.42 bits per heavy atom. The molecule has 0 aliphatic carbocycles. The van der Waals surface area contributed by atoms with Gasteiger partial charge in [0.25, 0.3) is 5.91 Å². The fraction of sp³-hybridized carbons (Fsp3) is 0.167. The molecule has 0 spiro atoms. The number of rotatable bonds is 4. The van der Waals surface area contributed by atoms with E-state index in [1.165, 1.54) is 7.11 Å². The van der Waals surface area contributed by atoms with E-state index in [0.717, 1.165) is 10.2 Å². The maximum Gasteiger partial charge on any atom is 0.258 e. The lowest BCUT2D eigenvalue weighted by Gasteiger charge is -2.38. The maximum absolute atomic E-state index is 12.9. The average Bonchev–Trinajstić information content (AvgIpc) is 2.59. The number of hydrogen-bond donors (Lipinski definition) is 2. The van der Waals surface area contributed by atoms with E-state index in [2.05, 4.69) is 27.8 Å². The van der Waals surface area contributed by atoms with Crippen molar-refractivity contribution in [3.05, 3.63) is 64.7 Å². The maximum atomic E-state index is 12.9. The Morgan fingerprint density at radius 3 is 2.88 bits per heavy atom. The number of nitrogens with one attached hydrogen (secondary N) is 1. The molecule has 1 aliphatic heterocycles. The van der Waals surface area contributed by atoms with Gasteiger partial charge in [0.2, 0.25) is 0 Å². The first kappa shape index (κ1) is 16.4. The molecule has 0 aromatic heterocycles. The predicted molar refractivity (Wildman–Crippen MR) is 96.4 cm³/mol. The number of hydrogen-bond acceptors (Lipinski definition) is 4. The van der Waals surface area contributed by atoms with E-state index < -0.39 is 6.17 Å². The molecule has 124 valence electrons. The monoisotopic (exact) mass is 388 g/mol. The fourth-order valence-electron chi connectivity index (χ4n) is 2.82. The van der Waals surface area contributed by atoms with Gasteiger partial charge in [0, 0.05) is 22.3 Å². The minimum atomic E-state index is -0.531. The number of benzene rings is 2. The largest absolute Gasteiger partial charge is 0.504 e. The average molecular weight is 389 g/mol. The van der Waals surface area contributed by atoms with Gasteiger partial charge in [-0.05, 0) is 24.3 Å². The van der Waals surface area contributed by atoms with Crippen LogP contribution in [0.15, 0.2) is 53.5 Å². The highest BCUT2D eigenvalue weighted by Crippen LogP contribution is 2.41. The third-order valence-corrected chi connectivity index (χ3v) is 4.39. The first-order valence-electron chi connectivity index (χ1n) is 7.40. The summed E-state index contributed by atoms with van der Waals surface area (Å²) in [6.07, 6.45) is 1.13. The molecule has 5 nitrogen and oxygen atoms in total. The Hall–Kier alpha value is -2.47. The minimum Gasteiger partial charge on any atom is -0.504 e. The molecule has 2 N–H and O–H groups in total. The van der Waals surface area contributed by atoms with Crippen molar-refractivity contribution in [2.75, 3.05) is 19.0 Å². The fourth-order valence-corrected chi connectivity index (χ4v) is 3.28. The SMILES string of the molecule is C=CCN1C(=O)c2ccccc2NC1c1cc(Br)cc(OC)c1O. The molecule has 0 radical (unpaired) electrons. The molecule has 1 unspecified atom stereocenters. The van der Waals surface area contributed by atoms with E-state index >= 15 is 0 Å². The molecule has 6 heteroatoms. The molecule has 0 bridgehead atoms. The number of carbonyl (C=O) groups excluding carboxylic acids is 1. The van der Waals surface area contributed by atoms with Gasteiger partial charge in [-0.1, -0.05) is 34.1 Å². The first-order valence-corrected chi connectivity index (χ1v) is 8.20. The lowest BCUT2D eigenvalue weighted by Crippen LogP contribution is -2.43. The molecule has 0 fully saturated rings. The van der Waals surface area contributed by atoms with Gasteiger partial charge in [-0.3, -0.25) is 4.79 Å². The highest BCUT2D eigenvalue weighted by molar-refractivity contribution is 9.10. The van der Waals surface area contributed by atoms with Crippen molar-refractivity contribution in [3.63, 3.8) is 0 Å². The lowest BCUT2D eigenvalue weighted by atomic mass is 10.0. The summed E-state index contributed by atoms with van der Waals surface area (Å²) in [5.74, 6) is 0.220. The molecular formula is C18H17BrN2O3. The van der Waals surface area contributed by atoms with Crippen LogP contribution in [-0.2, 0) is 0 Å². The van der Waals surface area contributed by atoms with E-state index in [0.29, 0.717) is 23.4 Å². The summed E-state index contributed by atoms with van der Waals surface area (Å²) >= 11 is 3.42. The lowest BCUT2D eigenvalue weighted by molar-refractivity contribution is 0.0705. The van der Waals surface area contributed by atoms with Crippen LogP contribution in [0, 0.1) is 0 Å². The Morgan fingerprint density at radius 2 is 2.17 bits per heavy atom. The van der Waals surface area contributed by atoms with Crippen molar-refractivity contribution >= 4 is 27.5 Å². The summed E-state index contributed by atoms with van der Waals surface area (Å²) < 4.78 is 5.97. The van der Waals surface area contributed by atoms with Gasteiger partial charge in [-0.25, -0.2) is 0 Å². The summed E-state index contributed by atoms with van der Waals surface area (Å²) in [7, 11) is 1.49.